The van der Waals surface area contributed by atoms with Gasteiger partial charge in [-0.25, -0.2) is 4.39 Å². The van der Waals surface area contributed by atoms with Crippen LogP contribution in [0, 0.1) is 5.82 Å². The maximum Gasteiger partial charge on any atom is 0.165 e. The molecule has 2 rings (SSSR count). The number of hydrogen-bond donors (Lipinski definition) is 1. The van der Waals surface area contributed by atoms with Crippen molar-refractivity contribution in [1.82, 2.24) is 0 Å². The maximum absolute atomic E-state index is 13.6. The van der Waals surface area contributed by atoms with Crippen LogP contribution in [0.3, 0.4) is 0 Å². The largest absolute Gasteiger partial charge is 0.494 e. The van der Waals surface area contributed by atoms with Gasteiger partial charge in [0.2, 0.25) is 0 Å². The standard InChI is InChI=1S/C12H10Br2FNOS/c1-17-9-3-2-6(4-8(9)15)11(16)7-5-10(13)18-12(7)14/h2-5,11H,16H2,1H3. The molecule has 0 fully saturated rings. The summed E-state index contributed by atoms with van der Waals surface area (Å²) in [5.41, 5.74) is 7.77. The van der Waals surface area contributed by atoms with E-state index in [0.29, 0.717) is 5.56 Å². The van der Waals surface area contributed by atoms with Gasteiger partial charge in [-0.2, -0.15) is 0 Å². The van der Waals surface area contributed by atoms with Crippen LogP contribution in [0.5, 0.6) is 5.75 Å². The van der Waals surface area contributed by atoms with E-state index < -0.39 is 5.82 Å². The molecule has 0 aliphatic carbocycles. The fourth-order valence-corrected chi connectivity index (χ4v) is 4.55. The second kappa shape index (κ2) is 5.69. The molecule has 0 saturated heterocycles. The Balaban J connectivity index is 2.37. The summed E-state index contributed by atoms with van der Waals surface area (Å²) >= 11 is 8.39. The highest BCUT2D eigenvalue weighted by Crippen LogP contribution is 2.37. The van der Waals surface area contributed by atoms with E-state index in [1.54, 1.807) is 12.1 Å². The van der Waals surface area contributed by atoms with Crippen LogP contribution in [0.25, 0.3) is 0 Å². The smallest absolute Gasteiger partial charge is 0.165 e. The molecule has 2 N–H and O–H groups in total. The van der Waals surface area contributed by atoms with E-state index in [0.717, 1.165) is 13.1 Å². The average molecular weight is 395 g/mol. The highest BCUT2D eigenvalue weighted by Gasteiger charge is 2.16. The summed E-state index contributed by atoms with van der Waals surface area (Å²) in [5, 5.41) is 0. The van der Waals surface area contributed by atoms with Crippen LogP contribution in [0.4, 0.5) is 4.39 Å². The number of benzene rings is 1. The SMILES string of the molecule is COc1ccc(C(N)c2cc(Br)sc2Br)cc1F. The zero-order valence-electron chi connectivity index (χ0n) is 9.41. The van der Waals surface area contributed by atoms with Crippen LogP contribution in [0.15, 0.2) is 31.8 Å². The monoisotopic (exact) mass is 393 g/mol. The van der Waals surface area contributed by atoms with E-state index in [2.05, 4.69) is 31.9 Å². The van der Waals surface area contributed by atoms with Crippen LogP contribution in [-0.2, 0) is 0 Å². The van der Waals surface area contributed by atoms with Crippen molar-refractivity contribution >= 4 is 43.2 Å². The molecule has 0 aliphatic heterocycles. The molecule has 6 heteroatoms. The summed E-state index contributed by atoms with van der Waals surface area (Å²) in [7, 11) is 1.44. The Kier molecular flexibility index (Phi) is 4.42. The first-order valence-electron chi connectivity index (χ1n) is 5.06. The first-order valence-corrected chi connectivity index (χ1v) is 7.47. The number of ether oxygens (including phenoxy) is 1. The van der Waals surface area contributed by atoms with Crippen molar-refractivity contribution in [1.29, 1.82) is 0 Å². The van der Waals surface area contributed by atoms with Gasteiger partial charge in [-0.1, -0.05) is 6.07 Å². The third kappa shape index (κ3) is 2.77. The molecule has 0 radical (unpaired) electrons. The van der Waals surface area contributed by atoms with E-state index in [9.17, 15) is 4.39 Å². The van der Waals surface area contributed by atoms with Gasteiger partial charge >= 0.3 is 0 Å². The van der Waals surface area contributed by atoms with E-state index in [-0.39, 0.29) is 11.8 Å². The van der Waals surface area contributed by atoms with Crippen LogP contribution in [0.2, 0.25) is 0 Å². The summed E-state index contributed by atoms with van der Waals surface area (Å²) in [5.74, 6) is -0.188. The zero-order chi connectivity index (χ0) is 13.3. The molecule has 2 aromatic rings. The molecule has 0 bridgehead atoms. The average Bonchev–Trinajstić information content (AvgIpc) is 2.67. The minimum atomic E-state index is -0.407. The Morgan fingerprint density at radius 3 is 2.56 bits per heavy atom. The molecule has 1 aromatic heterocycles. The Hall–Kier alpha value is -0.430. The third-order valence-corrected chi connectivity index (χ3v) is 4.94. The summed E-state index contributed by atoms with van der Waals surface area (Å²) < 4.78 is 20.4. The van der Waals surface area contributed by atoms with Crippen LogP contribution in [-0.4, -0.2) is 7.11 Å². The molecule has 18 heavy (non-hydrogen) atoms. The summed E-state index contributed by atoms with van der Waals surface area (Å²) in [6, 6.07) is 6.32. The molecule has 1 heterocycles. The fraction of sp³-hybridized carbons (Fsp3) is 0.167. The van der Waals surface area contributed by atoms with Crippen molar-refractivity contribution in [3.05, 3.63) is 48.8 Å². The number of methoxy groups -OCH3 is 1. The minimum Gasteiger partial charge on any atom is -0.494 e. The molecule has 2 nitrogen and oxygen atoms in total. The lowest BCUT2D eigenvalue weighted by atomic mass is 10.0. The highest BCUT2D eigenvalue weighted by molar-refractivity contribution is 9.12. The van der Waals surface area contributed by atoms with Crippen LogP contribution in [0.1, 0.15) is 17.2 Å². The predicted molar refractivity (Wildman–Crippen MR) is 78.7 cm³/mol. The van der Waals surface area contributed by atoms with Crippen molar-refractivity contribution in [2.45, 2.75) is 6.04 Å². The highest BCUT2D eigenvalue weighted by atomic mass is 79.9. The van der Waals surface area contributed by atoms with Gasteiger partial charge in [0.15, 0.2) is 11.6 Å². The number of halogens is 3. The van der Waals surface area contributed by atoms with Crippen molar-refractivity contribution in [2.75, 3.05) is 7.11 Å². The van der Waals surface area contributed by atoms with Gasteiger partial charge in [0.25, 0.3) is 0 Å². The molecule has 0 saturated carbocycles. The Morgan fingerprint density at radius 1 is 1.33 bits per heavy atom. The normalized spacial score (nSPS) is 12.5. The molecular weight excluding hydrogens is 385 g/mol. The molecule has 96 valence electrons. The topological polar surface area (TPSA) is 35.2 Å². The van der Waals surface area contributed by atoms with Gasteiger partial charge in [0.05, 0.1) is 20.7 Å². The lowest BCUT2D eigenvalue weighted by Crippen LogP contribution is -2.11. The van der Waals surface area contributed by atoms with Gasteiger partial charge in [0.1, 0.15) is 0 Å². The van der Waals surface area contributed by atoms with E-state index >= 15 is 0 Å². The van der Waals surface area contributed by atoms with Crippen LogP contribution < -0.4 is 10.5 Å². The van der Waals surface area contributed by atoms with Gasteiger partial charge in [-0.05, 0) is 61.2 Å². The number of rotatable bonds is 3. The van der Waals surface area contributed by atoms with Crippen molar-refractivity contribution in [3.63, 3.8) is 0 Å². The first-order chi connectivity index (χ1) is 8.52. The third-order valence-electron chi connectivity index (χ3n) is 2.55. The van der Waals surface area contributed by atoms with Crippen molar-refractivity contribution < 1.29 is 9.13 Å². The number of thiophene rings is 1. The Bertz CT molecular complexity index is 573. The lowest BCUT2D eigenvalue weighted by molar-refractivity contribution is 0.386. The van der Waals surface area contributed by atoms with Gasteiger partial charge in [-0.15, -0.1) is 11.3 Å². The molecule has 1 unspecified atom stereocenters. The van der Waals surface area contributed by atoms with E-state index in [1.807, 2.05) is 6.07 Å². The van der Waals surface area contributed by atoms with Gasteiger partial charge in [0, 0.05) is 0 Å². The minimum absolute atomic E-state index is 0.219. The van der Waals surface area contributed by atoms with E-state index in [1.165, 1.54) is 24.5 Å². The molecule has 1 atom stereocenters. The molecule has 0 spiro atoms. The number of hydrogen-bond acceptors (Lipinski definition) is 3. The second-order valence-corrected chi connectivity index (χ2v) is 7.40. The molecular formula is C12H10Br2FNOS. The first kappa shape index (κ1) is 14.0. The molecule has 1 aromatic carbocycles. The maximum atomic E-state index is 13.6. The quantitative estimate of drug-likeness (QED) is 0.833. The molecule has 0 amide bonds. The van der Waals surface area contributed by atoms with Crippen LogP contribution >= 0.6 is 43.2 Å². The summed E-state index contributed by atoms with van der Waals surface area (Å²) in [4.78, 5) is 0. The van der Waals surface area contributed by atoms with E-state index in [4.69, 9.17) is 10.5 Å². The van der Waals surface area contributed by atoms with Crippen molar-refractivity contribution in [3.8, 4) is 5.75 Å². The van der Waals surface area contributed by atoms with Crippen molar-refractivity contribution in [2.24, 2.45) is 5.73 Å². The summed E-state index contributed by atoms with van der Waals surface area (Å²) in [6.07, 6.45) is 0. The fourth-order valence-electron chi connectivity index (χ4n) is 1.62. The van der Waals surface area contributed by atoms with Gasteiger partial charge < -0.3 is 10.5 Å². The Labute approximate surface area is 125 Å². The summed E-state index contributed by atoms with van der Waals surface area (Å²) in [6.45, 7) is 0. The second-order valence-electron chi connectivity index (χ2n) is 3.65. The number of nitrogens with two attached hydrogens (primary N) is 1. The Morgan fingerprint density at radius 2 is 2.06 bits per heavy atom. The zero-order valence-corrected chi connectivity index (χ0v) is 13.4. The lowest BCUT2D eigenvalue weighted by Gasteiger charge is -2.12. The van der Waals surface area contributed by atoms with Gasteiger partial charge in [-0.3, -0.25) is 0 Å². The molecule has 0 aliphatic rings. The predicted octanol–water partition coefficient (Wildman–Crippen LogP) is 4.47.